The van der Waals surface area contributed by atoms with Gasteiger partial charge in [-0.1, -0.05) is 72.1 Å². The molecule has 0 saturated carbocycles. The van der Waals surface area contributed by atoms with Gasteiger partial charge in [-0.2, -0.15) is 0 Å². The van der Waals surface area contributed by atoms with Crippen LogP contribution in [0.4, 0.5) is 0 Å². The first-order valence-corrected chi connectivity index (χ1v) is 10.9. The number of aromatic hydroxyl groups is 1. The fourth-order valence-corrected chi connectivity index (χ4v) is 4.39. The summed E-state index contributed by atoms with van der Waals surface area (Å²) in [5, 5.41) is 15.7. The highest BCUT2D eigenvalue weighted by Crippen LogP contribution is 2.37. The van der Waals surface area contributed by atoms with Gasteiger partial charge in [-0.25, -0.2) is 0 Å². The molecule has 3 aromatic rings. The maximum atomic E-state index is 10.5. The number of aliphatic imine (C=N–C) groups is 1. The van der Waals surface area contributed by atoms with E-state index in [4.69, 9.17) is 39.8 Å². The number of aryl methyl sites for hydroxylation is 1. The molecule has 2 N–H and O–H groups in total. The number of phenolic OH excluding ortho intramolecular Hbond substituents is 1. The van der Waals surface area contributed by atoms with Crippen LogP contribution in [0.2, 0.25) is 15.1 Å². The molecule has 1 aliphatic heterocycles. The Morgan fingerprint density at radius 1 is 0.933 bits per heavy atom. The zero-order valence-corrected chi connectivity index (χ0v) is 18.6. The van der Waals surface area contributed by atoms with Gasteiger partial charge in [-0.3, -0.25) is 10.3 Å². The Balaban J connectivity index is 1.78. The number of rotatable bonds is 4. The summed E-state index contributed by atoms with van der Waals surface area (Å²) in [5.41, 5.74) is 4.83. The molecule has 3 nitrogen and oxygen atoms in total. The van der Waals surface area contributed by atoms with Gasteiger partial charge in [0.2, 0.25) is 0 Å². The third-order valence-electron chi connectivity index (χ3n) is 5.36. The Labute approximate surface area is 191 Å². The second kappa shape index (κ2) is 8.99. The zero-order chi connectivity index (χ0) is 21.3. The Hall–Kier alpha value is -2.04. The highest BCUT2D eigenvalue weighted by molar-refractivity contribution is 6.35. The summed E-state index contributed by atoms with van der Waals surface area (Å²) in [6, 6.07) is 18.7. The second-order valence-corrected chi connectivity index (χ2v) is 8.60. The molecule has 0 unspecified atom stereocenters. The molecular formula is C24H21Cl3N2O. The van der Waals surface area contributed by atoms with Gasteiger partial charge in [-0.05, 0) is 47.9 Å². The number of phenols is 1. The lowest BCUT2D eigenvalue weighted by Gasteiger charge is -2.31. The molecule has 3 aromatic carbocycles. The molecule has 0 fully saturated rings. The minimum atomic E-state index is -0.382. The van der Waals surface area contributed by atoms with E-state index in [1.165, 1.54) is 5.56 Å². The molecule has 0 bridgehead atoms. The summed E-state index contributed by atoms with van der Waals surface area (Å²) in [6.45, 7) is 2.13. The smallest absolute Gasteiger partial charge is 0.127 e. The van der Waals surface area contributed by atoms with Crippen molar-refractivity contribution in [2.24, 2.45) is 4.99 Å². The fraction of sp³-hybridized carbons (Fsp3) is 0.208. The van der Waals surface area contributed by atoms with E-state index < -0.39 is 0 Å². The van der Waals surface area contributed by atoms with Crippen molar-refractivity contribution in [1.29, 1.82) is 0 Å². The summed E-state index contributed by atoms with van der Waals surface area (Å²) in [4.78, 5) is 4.96. The van der Waals surface area contributed by atoms with Crippen LogP contribution in [0.3, 0.4) is 0 Å². The summed E-state index contributed by atoms with van der Waals surface area (Å²) >= 11 is 18.8. The van der Waals surface area contributed by atoms with Gasteiger partial charge in [0.05, 0.1) is 0 Å². The summed E-state index contributed by atoms with van der Waals surface area (Å²) in [6.07, 6.45) is 1.21. The third-order valence-corrected chi connectivity index (χ3v) is 6.16. The molecule has 6 heteroatoms. The van der Waals surface area contributed by atoms with Crippen molar-refractivity contribution in [1.82, 2.24) is 5.32 Å². The first kappa shape index (κ1) is 21.2. The van der Waals surface area contributed by atoms with E-state index in [1.807, 2.05) is 6.07 Å². The lowest BCUT2D eigenvalue weighted by Crippen LogP contribution is -2.33. The number of hydrogen-bond donors (Lipinski definition) is 2. The first-order chi connectivity index (χ1) is 14.4. The molecule has 1 heterocycles. The van der Waals surface area contributed by atoms with Gasteiger partial charge in [0, 0.05) is 44.4 Å². The standard InChI is InChI=1S/C24H21Cl3N2O/c1-2-14-3-5-15(6-4-14)21-13-22(19-11-16(25)8-10-23(19)30)29-24(28-21)18-9-7-17(26)12-20(18)27/h3-12,22,24,29-30H,2,13H2,1H3/t22-,24+/m0/s1. The van der Waals surface area contributed by atoms with Crippen molar-refractivity contribution in [3.05, 3.63) is 98.0 Å². The molecular weight excluding hydrogens is 439 g/mol. The predicted molar refractivity (Wildman–Crippen MR) is 125 cm³/mol. The van der Waals surface area contributed by atoms with Crippen molar-refractivity contribution >= 4 is 40.5 Å². The van der Waals surface area contributed by atoms with Gasteiger partial charge in [0.25, 0.3) is 0 Å². The van der Waals surface area contributed by atoms with Crippen molar-refractivity contribution < 1.29 is 5.11 Å². The van der Waals surface area contributed by atoms with Gasteiger partial charge in [0.15, 0.2) is 0 Å². The van der Waals surface area contributed by atoms with Gasteiger partial charge >= 0.3 is 0 Å². The number of hydrogen-bond acceptors (Lipinski definition) is 3. The van der Waals surface area contributed by atoms with E-state index in [2.05, 4.69) is 36.5 Å². The van der Waals surface area contributed by atoms with E-state index in [-0.39, 0.29) is 18.0 Å². The maximum absolute atomic E-state index is 10.5. The molecule has 4 rings (SSSR count). The number of benzene rings is 3. The lowest BCUT2D eigenvalue weighted by molar-refractivity contribution is 0.413. The summed E-state index contributed by atoms with van der Waals surface area (Å²) in [5.74, 6) is 0.195. The van der Waals surface area contributed by atoms with Crippen molar-refractivity contribution in [2.75, 3.05) is 0 Å². The normalized spacial score (nSPS) is 18.9. The molecule has 0 spiro atoms. The van der Waals surface area contributed by atoms with Crippen LogP contribution in [-0.2, 0) is 6.42 Å². The van der Waals surface area contributed by atoms with Crippen LogP contribution in [0, 0.1) is 0 Å². The molecule has 0 saturated heterocycles. The number of nitrogens with zero attached hydrogens (tertiary/aromatic N) is 1. The lowest BCUT2D eigenvalue weighted by atomic mass is 9.93. The molecule has 0 aliphatic carbocycles. The topological polar surface area (TPSA) is 44.6 Å². The van der Waals surface area contributed by atoms with E-state index in [0.717, 1.165) is 28.8 Å². The van der Waals surface area contributed by atoms with Gasteiger partial charge < -0.3 is 5.11 Å². The van der Waals surface area contributed by atoms with Gasteiger partial charge in [0.1, 0.15) is 11.9 Å². The first-order valence-electron chi connectivity index (χ1n) is 9.80. The molecule has 30 heavy (non-hydrogen) atoms. The van der Waals surface area contributed by atoms with Crippen LogP contribution in [0.15, 0.2) is 65.7 Å². The predicted octanol–water partition coefficient (Wildman–Crippen LogP) is 7.14. The highest BCUT2D eigenvalue weighted by atomic mass is 35.5. The van der Waals surface area contributed by atoms with E-state index in [0.29, 0.717) is 21.5 Å². The molecule has 0 amide bonds. The van der Waals surface area contributed by atoms with E-state index >= 15 is 0 Å². The van der Waals surface area contributed by atoms with E-state index in [9.17, 15) is 5.11 Å². The maximum Gasteiger partial charge on any atom is 0.127 e. The number of halogens is 3. The summed E-state index contributed by atoms with van der Waals surface area (Å²) in [7, 11) is 0. The average Bonchev–Trinajstić information content (AvgIpc) is 2.75. The second-order valence-electron chi connectivity index (χ2n) is 7.32. The molecule has 1 aliphatic rings. The highest BCUT2D eigenvalue weighted by Gasteiger charge is 2.29. The minimum Gasteiger partial charge on any atom is -0.508 e. The Morgan fingerprint density at radius 3 is 2.33 bits per heavy atom. The number of nitrogens with one attached hydrogen (secondary N) is 1. The molecule has 2 atom stereocenters. The Morgan fingerprint density at radius 2 is 1.63 bits per heavy atom. The summed E-state index contributed by atoms with van der Waals surface area (Å²) < 4.78 is 0. The van der Waals surface area contributed by atoms with Crippen LogP contribution < -0.4 is 5.32 Å². The van der Waals surface area contributed by atoms with Crippen molar-refractivity contribution in [2.45, 2.75) is 32.0 Å². The largest absolute Gasteiger partial charge is 0.508 e. The van der Waals surface area contributed by atoms with Crippen LogP contribution in [0.25, 0.3) is 0 Å². The van der Waals surface area contributed by atoms with Crippen LogP contribution in [0.1, 0.15) is 47.8 Å². The minimum absolute atomic E-state index is 0.182. The van der Waals surface area contributed by atoms with Crippen molar-refractivity contribution in [3.8, 4) is 5.75 Å². The third kappa shape index (κ3) is 4.50. The average molecular weight is 460 g/mol. The quantitative estimate of drug-likeness (QED) is 0.435. The van der Waals surface area contributed by atoms with Crippen LogP contribution in [0.5, 0.6) is 5.75 Å². The Bertz CT molecular complexity index is 1100. The Kier molecular flexibility index (Phi) is 6.35. The molecule has 154 valence electrons. The zero-order valence-electron chi connectivity index (χ0n) is 16.4. The van der Waals surface area contributed by atoms with E-state index in [1.54, 1.807) is 30.3 Å². The molecule has 0 radical (unpaired) electrons. The van der Waals surface area contributed by atoms with Crippen molar-refractivity contribution in [3.63, 3.8) is 0 Å². The monoisotopic (exact) mass is 458 g/mol. The SMILES string of the molecule is CCc1ccc(C2=N[C@@H](c3ccc(Cl)cc3Cl)N[C@H](c3cc(Cl)ccc3O)C2)cc1. The van der Waals surface area contributed by atoms with Crippen LogP contribution >= 0.6 is 34.8 Å². The molecule has 0 aromatic heterocycles. The fourth-order valence-electron chi connectivity index (χ4n) is 3.70. The van der Waals surface area contributed by atoms with Crippen LogP contribution in [-0.4, -0.2) is 10.8 Å². The van der Waals surface area contributed by atoms with Gasteiger partial charge in [-0.15, -0.1) is 0 Å².